The summed E-state index contributed by atoms with van der Waals surface area (Å²) < 4.78 is 10.0. The van der Waals surface area contributed by atoms with E-state index < -0.39 is 12.1 Å². The predicted octanol–water partition coefficient (Wildman–Crippen LogP) is 2.54. The number of carbonyl (C=O) groups excluding carboxylic acids is 1. The monoisotopic (exact) mass is 275 g/mol. The van der Waals surface area contributed by atoms with Crippen molar-refractivity contribution >= 4 is 23.0 Å². The number of carboxylic acid groups (broad SMARTS) is 1. The van der Waals surface area contributed by atoms with Gasteiger partial charge in [0.1, 0.15) is 12.2 Å². The lowest BCUT2D eigenvalue weighted by Crippen LogP contribution is -2.24. The number of carboxylic acids is 1. The largest absolute Gasteiger partial charge is 0.475 e. The molecule has 6 nitrogen and oxygen atoms in total. The number of amides is 1. The van der Waals surface area contributed by atoms with Crippen molar-refractivity contribution in [1.29, 1.82) is 0 Å². The maximum atomic E-state index is 11.4. The van der Waals surface area contributed by atoms with Crippen LogP contribution in [-0.2, 0) is 11.3 Å². The van der Waals surface area contributed by atoms with E-state index in [-0.39, 0.29) is 18.9 Å². The molecular weight excluding hydrogens is 262 g/mol. The minimum Gasteiger partial charge on any atom is -0.475 e. The summed E-state index contributed by atoms with van der Waals surface area (Å²) in [6.07, 6.45) is 0.793. The number of aromatic carboxylic acids is 1. The second kappa shape index (κ2) is 5.92. The van der Waals surface area contributed by atoms with Crippen LogP contribution in [-0.4, -0.2) is 23.8 Å². The Labute approximate surface area is 114 Å². The highest BCUT2D eigenvalue weighted by molar-refractivity contribution is 5.95. The highest BCUT2D eigenvalue weighted by Crippen LogP contribution is 2.25. The molecule has 0 radical (unpaired) electrons. The summed E-state index contributed by atoms with van der Waals surface area (Å²) in [5, 5.41) is 12.2. The van der Waals surface area contributed by atoms with Crippen LogP contribution in [0.5, 0.6) is 0 Å². The molecule has 0 aliphatic rings. The predicted molar refractivity (Wildman–Crippen MR) is 71.6 cm³/mol. The molecule has 1 heterocycles. The first-order valence-corrected chi connectivity index (χ1v) is 5.88. The molecule has 0 unspecified atom stereocenters. The van der Waals surface area contributed by atoms with Gasteiger partial charge in [-0.15, -0.1) is 0 Å². The molecule has 0 saturated heterocycles. The summed E-state index contributed by atoms with van der Waals surface area (Å²) >= 11 is 0. The van der Waals surface area contributed by atoms with Crippen molar-refractivity contribution in [3.8, 4) is 0 Å². The SMILES string of the molecule is C=CCOC(=O)NCc1c(C(=O)O)oc2ccccc12. The number of para-hydroxylation sites is 1. The van der Waals surface area contributed by atoms with Crippen LogP contribution in [0.4, 0.5) is 4.79 Å². The summed E-state index contributed by atoms with van der Waals surface area (Å²) in [5.74, 6) is -1.37. The molecule has 1 aromatic carbocycles. The number of benzene rings is 1. The van der Waals surface area contributed by atoms with E-state index in [4.69, 9.17) is 14.3 Å². The third-order valence-electron chi connectivity index (χ3n) is 2.63. The number of hydrogen-bond donors (Lipinski definition) is 2. The number of ether oxygens (including phenoxy) is 1. The van der Waals surface area contributed by atoms with Crippen LogP contribution in [0.15, 0.2) is 41.3 Å². The first kappa shape index (κ1) is 13.7. The van der Waals surface area contributed by atoms with Gasteiger partial charge in [-0.1, -0.05) is 30.9 Å². The van der Waals surface area contributed by atoms with Crippen molar-refractivity contribution in [2.75, 3.05) is 6.61 Å². The number of nitrogens with one attached hydrogen (secondary N) is 1. The summed E-state index contributed by atoms with van der Waals surface area (Å²) in [6, 6.07) is 6.91. The van der Waals surface area contributed by atoms with Crippen molar-refractivity contribution in [2.24, 2.45) is 0 Å². The van der Waals surface area contributed by atoms with Crippen LogP contribution in [0.3, 0.4) is 0 Å². The van der Waals surface area contributed by atoms with Crippen LogP contribution >= 0.6 is 0 Å². The van der Waals surface area contributed by atoms with Gasteiger partial charge in [-0.05, 0) is 6.07 Å². The number of furan rings is 1. The Morgan fingerprint density at radius 3 is 2.85 bits per heavy atom. The summed E-state index contributed by atoms with van der Waals surface area (Å²) in [5.41, 5.74) is 0.866. The molecule has 0 saturated carbocycles. The number of rotatable bonds is 5. The van der Waals surface area contributed by atoms with Crippen LogP contribution in [0.2, 0.25) is 0 Å². The zero-order chi connectivity index (χ0) is 14.5. The average Bonchev–Trinajstić information content (AvgIpc) is 2.82. The quantitative estimate of drug-likeness (QED) is 0.818. The molecule has 1 amide bonds. The molecule has 2 aromatic rings. The number of hydrogen-bond acceptors (Lipinski definition) is 4. The maximum absolute atomic E-state index is 11.4. The van der Waals surface area contributed by atoms with Gasteiger partial charge in [0, 0.05) is 10.9 Å². The summed E-state index contributed by atoms with van der Waals surface area (Å²) in [6.45, 7) is 3.52. The highest BCUT2D eigenvalue weighted by Gasteiger charge is 2.20. The highest BCUT2D eigenvalue weighted by atomic mass is 16.5. The van der Waals surface area contributed by atoms with Gasteiger partial charge in [0.15, 0.2) is 0 Å². The number of fused-ring (bicyclic) bond motifs is 1. The van der Waals surface area contributed by atoms with Gasteiger partial charge in [-0.3, -0.25) is 0 Å². The van der Waals surface area contributed by atoms with Crippen molar-refractivity contribution in [3.63, 3.8) is 0 Å². The van der Waals surface area contributed by atoms with Gasteiger partial charge in [-0.2, -0.15) is 0 Å². The minimum absolute atomic E-state index is 0.00855. The second-order valence-electron chi connectivity index (χ2n) is 3.95. The van der Waals surface area contributed by atoms with E-state index >= 15 is 0 Å². The number of alkyl carbamates (subject to hydrolysis) is 1. The molecule has 0 spiro atoms. The van der Waals surface area contributed by atoms with Gasteiger partial charge >= 0.3 is 12.1 Å². The Morgan fingerprint density at radius 1 is 1.40 bits per heavy atom. The molecule has 2 rings (SSSR count). The van der Waals surface area contributed by atoms with E-state index in [0.717, 1.165) is 0 Å². The van der Waals surface area contributed by atoms with Crippen molar-refractivity contribution in [2.45, 2.75) is 6.54 Å². The van der Waals surface area contributed by atoms with Crippen LogP contribution in [0, 0.1) is 0 Å². The normalized spacial score (nSPS) is 10.2. The fourth-order valence-electron chi connectivity index (χ4n) is 1.79. The zero-order valence-corrected chi connectivity index (χ0v) is 10.6. The Kier molecular flexibility index (Phi) is 4.05. The Hall–Kier alpha value is -2.76. The fraction of sp³-hybridized carbons (Fsp3) is 0.143. The molecule has 6 heteroatoms. The minimum atomic E-state index is -1.18. The van der Waals surface area contributed by atoms with Gasteiger partial charge in [-0.25, -0.2) is 9.59 Å². The van der Waals surface area contributed by atoms with Gasteiger partial charge in [0.25, 0.3) is 0 Å². The molecule has 2 N–H and O–H groups in total. The molecule has 0 atom stereocenters. The van der Waals surface area contributed by atoms with E-state index in [2.05, 4.69) is 11.9 Å². The lowest BCUT2D eigenvalue weighted by molar-refractivity contribution is 0.0662. The summed E-state index contributed by atoms with van der Waals surface area (Å²) in [7, 11) is 0. The molecule has 0 aliphatic heterocycles. The van der Waals surface area contributed by atoms with Crippen LogP contribution in [0.25, 0.3) is 11.0 Å². The first-order valence-electron chi connectivity index (χ1n) is 5.88. The third-order valence-corrected chi connectivity index (χ3v) is 2.63. The lowest BCUT2D eigenvalue weighted by Gasteiger charge is -2.04. The summed E-state index contributed by atoms with van der Waals surface area (Å²) in [4.78, 5) is 22.5. The zero-order valence-electron chi connectivity index (χ0n) is 10.6. The molecule has 0 fully saturated rings. The molecular formula is C14H13NO5. The maximum Gasteiger partial charge on any atom is 0.407 e. The van der Waals surface area contributed by atoms with Gasteiger partial charge in [0.05, 0.1) is 6.54 Å². The smallest absolute Gasteiger partial charge is 0.407 e. The van der Waals surface area contributed by atoms with Crippen molar-refractivity contribution in [3.05, 3.63) is 48.2 Å². The third kappa shape index (κ3) is 2.80. The topological polar surface area (TPSA) is 88.8 Å². The van der Waals surface area contributed by atoms with E-state index in [0.29, 0.717) is 16.5 Å². The Morgan fingerprint density at radius 2 is 2.15 bits per heavy atom. The molecule has 104 valence electrons. The fourth-order valence-corrected chi connectivity index (χ4v) is 1.79. The van der Waals surface area contributed by atoms with E-state index in [1.54, 1.807) is 24.3 Å². The van der Waals surface area contributed by atoms with Gasteiger partial charge in [0.2, 0.25) is 5.76 Å². The molecule has 0 aliphatic carbocycles. The van der Waals surface area contributed by atoms with Crippen LogP contribution < -0.4 is 5.32 Å². The van der Waals surface area contributed by atoms with Gasteiger partial charge < -0.3 is 19.6 Å². The standard InChI is InChI=1S/C14H13NO5/c1-2-7-19-14(18)15-8-10-9-5-3-4-6-11(9)20-12(10)13(16)17/h2-6H,1,7-8H2,(H,15,18)(H,16,17). The number of carbonyl (C=O) groups is 2. The second-order valence-corrected chi connectivity index (χ2v) is 3.95. The van der Waals surface area contributed by atoms with Crippen LogP contribution in [0.1, 0.15) is 16.1 Å². The van der Waals surface area contributed by atoms with E-state index in [1.165, 1.54) is 6.08 Å². The average molecular weight is 275 g/mol. The molecule has 20 heavy (non-hydrogen) atoms. The molecule has 0 bridgehead atoms. The lowest BCUT2D eigenvalue weighted by atomic mass is 10.1. The first-order chi connectivity index (χ1) is 9.63. The van der Waals surface area contributed by atoms with E-state index in [9.17, 15) is 9.59 Å². The van der Waals surface area contributed by atoms with Crippen molar-refractivity contribution < 1.29 is 23.8 Å². The van der Waals surface area contributed by atoms with E-state index in [1.807, 2.05) is 0 Å². The molecule has 1 aromatic heterocycles. The Balaban J connectivity index is 2.23. The van der Waals surface area contributed by atoms with Crippen molar-refractivity contribution in [1.82, 2.24) is 5.32 Å². The Bertz CT molecular complexity index is 659.